The number of ether oxygens (including phenoxy) is 1. The second-order valence-corrected chi connectivity index (χ2v) is 4.71. The highest BCUT2D eigenvalue weighted by Crippen LogP contribution is 2.32. The molecule has 0 aromatic carbocycles. The van der Waals surface area contributed by atoms with Gasteiger partial charge in [0.2, 0.25) is 0 Å². The van der Waals surface area contributed by atoms with Crippen LogP contribution < -0.4 is 0 Å². The third-order valence-electron chi connectivity index (χ3n) is 3.28. The number of hydrogen-bond acceptors (Lipinski definition) is 5. The first-order chi connectivity index (χ1) is 9.31. The van der Waals surface area contributed by atoms with Gasteiger partial charge in [-0.2, -0.15) is 0 Å². The second-order valence-electron chi connectivity index (χ2n) is 4.71. The molecule has 0 spiro atoms. The van der Waals surface area contributed by atoms with Crippen LogP contribution in [0.25, 0.3) is 0 Å². The van der Waals surface area contributed by atoms with Crippen molar-refractivity contribution in [3.05, 3.63) is 0 Å². The fraction of sp³-hybridized carbons (Fsp3) is 0.667. The molecule has 1 rings (SSSR count). The van der Waals surface area contributed by atoms with E-state index in [-0.39, 0.29) is 32.1 Å². The number of rotatable bonds is 6. The van der Waals surface area contributed by atoms with Crippen LogP contribution in [0.3, 0.4) is 0 Å². The second kappa shape index (κ2) is 6.88. The van der Waals surface area contributed by atoms with Crippen LogP contribution in [0, 0.1) is 11.8 Å². The SMILES string of the molecule is O=C(O)CCC(=O)OC1CCC(C(=O)O)C(C(=O)O)C1. The van der Waals surface area contributed by atoms with E-state index in [1.165, 1.54) is 0 Å². The summed E-state index contributed by atoms with van der Waals surface area (Å²) >= 11 is 0. The summed E-state index contributed by atoms with van der Waals surface area (Å²) in [5.74, 6) is -6.33. The van der Waals surface area contributed by atoms with Gasteiger partial charge in [-0.3, -0.25) is 19.2 Å². The third kappa shape index (κ3) is 4.52. The Morgan fingerprint density at radius 1 is 0.900 bits per heavy atom. The summed E-state index contributed by atoms with van der Waals surface area (Å²) in [5.41, 5.74) is 0. The number of carbonyl (C=O) groups is 4. The summed E-state index contributed by atoms with van der Waals surface area (Å²) < 4.78 is 4.99. The van der Waals surface area contributed by atoms with Crippen molar-refractivity contribution in [2.24, 2.45) is 11.8 Å². The molecule has 8 heteroatoms. The Kier molecular flexibility index (Phi) is 5.48. The van der Waals surface area contributed by atoms with Crippen LogP contribution in [0.15, 0.2) is 0 Å². The van der Waals surface area contributed by atoms with Crippen molar-refractivity contribution in [2.75, 3.05) is 0 Å². The topological polar surface area (TPSA) is 138 Å². The first kappa shape index (κ1) is 15.9. The predicted molar refractivity (Wildman–Crippen MR) is 62.9 cm³/mol. The molecule has 1 saturated carbocycles. The van der Waals surface area contributed by atoms with Crippen LogP contribution in [0.4, 0.5) is 0 Å². The van der Waals surface area contributed by atoms with Gasteiger partial charge in [-0.15, -0.1) is 0 Å². The van der Waals surface area contributed by atoms with E-state index in [9.17, 15) is 19.2 Å². The number of carboxylic acids is 3. The van der Waals surface area contributed by atoms with Crippen molar-refractivity contribution in [1.82, 2.24) is 0 Å². The molecule has 20 heavy (non-hydrogen) atoms. The van der Waals surface area contributed by atoms with Gasteiger partial charge in [0.25, 0.3) is 0 Å². The fourth-order valence-electron chi connectivity index (χ4n) is 2.26. The molecule has 112 valence electrons. The lowest BCUT2D eigenvalue weighted by atomic mass is 9.78. The molecule has 3 N–H and O–H groups in total. The lowest BCUT2D eigenvalue weighted by Gasteiger charge is -2.31. The zero-order valence-corrected chi connectivity index (χ0v) is 10.7. The molecule has 0 amide bonds. The van der Waals surface area contributed by atoms with Crippen LogP contribution in [0.1, 0.15) is 32.1 Å². The lowest BCUT2D eigenvalue weighted by molar-refractivity contribution is -0.164. The Morgan fingerprint density at radius 3 is 2.00 bits per heavy atom. The van der Waals surface area contributed by atoms with E-state index in [0.29, 0.717) is 0 Å². The van der Waals surface area contributed by atoms with Crippen LogP contribution in [-0.4, -0.2) is 45.3 Å². The largest absolute Gasteiger partial charge is 0.481 e. The Balaban J connectivity index is 2.54. The van der Waals surface area contributed by atoms with E-state index >= 15 is 0 Å². The summed E-state index contributed by atoms with van der Waals surface area (Å²) in [4.78, 5) is 43.6. The first-order valence-electron chi connectivity index (χ1n) is 6.18. The molecule has 0 heterocycles. The molecule has 1 fully saturated rings. The van der Waals surface area contributed by atoms with E-state index in [1.54, 1.807) is 0 Å². The first-order valence-corrected chi connectivity index (χ1v) is 6.18. The number of aliphatic carboxylic acids is 3. The molecule has 0 saturated heterocycles. The maximum absolute atomic E-state index is 11.4. The van der Waals surface area contributed by atoms with Crippen molar-refractivity contribution in [2.45, 2.75) is 38.2 Å². The monoisotopic (exact) mass is 288 g/mol. The highest BCUT2D eigenvalue weighted by Gasteiger charge is 2.40. The molecule has 0 aromatic heterocycles. The Hall–Kier alpha value is -2.12. The minimum atomic E-state index is -1.23. The zero-order valence-electron chi connectivity index (χ0n) is 10.7. The van der Waals surface area contributed by atoms with Gasteiger partial charge in [0.1, 0.15) is 6.10 Å². The molecule has 1 aliphatic rings. The van der Waals surface area contributed by atoms with Crippen molar-refractivity contribution >= 4 is 23.9 Å². The van der Waals surface area contributed by atoms with Crippen LogP contribution in [0.5, 0.6) is 0 Å². The summed E-state index contributed by atoms with van der Waals surface area (Å²) in [6.45, 7) is 0. The van der Waals surface area contributed by atoms with Crippen molar-refractivity contribution < 1.29 is 39.2 Å². The van der Waals surface area contributed by atoms with E-state index in [4.69, 9.17) is 20.1 Å². The van der Waals surface area contributed by atoms with Crippen LogP contribution >= 0.6 is 0 Å². The van der Waals surface area contributed by atoms with Crippen molar-refractivity contribution in [1.29, 1.82) is 0 Å². The average Bonchev–Trinajstić information content (AvgIpc) is 2.35. The maximum atomic E-state index is 11.4. The van der Waals surface area contributed by atoms with Gasteiger partial charge >= 0.3 is 23.9 Å². The Labute approximate surface area is 114 Å². The molecule has 1 aliphatic carbocycles. The minimum absolute atomic E-state index is 0.0644. The molecule has 8 nitrogen and oxygen atoms in total. The molecule has 0 aliphatic heterocycles. The maximum Gasteiger partial charge on any atom is 0.307 e. The summed E-state index contributed by atoms with van der Waals surface area (Å²) in [6, 6.07) is 0. The molecular formula is C12H16O8. The Bertz CT molecular complexity index is 416. The van der Waals surface area contributed by atoms with E-state index in [1.807, 2.05) is 0 Å². The highest BCUT2D eigenvalue weighted by molar-refractivity contribution is 5.80. The zero-order chi connectivity index (χ0) is 15.3. The molecular weight excluding hydrogens is 272 g/mol. The smallest absolute Gasteiger partial charge is 0.307 e. The lowest BCUT2D eigenvalue weighted by Crippen LogP contribution is -2.39. The van der Waals surface area contributed by atoms with Gasteiger partial charge in [0, 0.05) is 0 Å². The number of carboxylic acid groups (broad SMARTS) is 3. The van der Waals surface area contributed by atoms with E-state index in [2.05, 4.69) is 0 Å². The van der Waals surface area contributed by atoms with Gasteiger partial charge < -0.3 is 20.1 Å². The molecule has 0 bridgehead atoms. The quantitative estimate of drug-likeness (QED) is 0.595. The molecule has 0 aromatic rings. The third-order valence-corrected chi connectivity index (χ3v) is 3.28. The van der Waals surface area contributed by atoms with Crippen LogP contribution in [0.2, 0.25) is 0 Å². The molecule has 3 atom stereocenters. The number of hydrogen-bond donors (Lipinski definition) is 3. The van der Waals surface area contributed by atoms with Crippen molar-refractivity contribution in [3.63, 3.8) is 0 Å². The molecule has 0 radical (unpaired) electrons. The van der Waals surface area contributed by atoms with E-state index < -0.39 is 41.8 Å². The normalized spacial score (nSPS) is 25.7. The van der Waals surface area contributed by atoms with Gasteiger partial charge in [-0.25, -0.2) is 0 Å². The predicted octanol–water partition coefficient (Wildman–Crippen LogP) is 0.348. The summed E-state index contributed by atoms with van der Waals surface area (Å²) in [6.07, 6.45) is -1.00. The Morgan fingerprint density at radius 2 is 1.50 bits per heavy atom. The van der Waals surface area contributed by atoms with Gasteiger partial charge in [0.05, 0.1) is 24.7 Å². The summed E-state index contributed by atoms with van der Waals surface area (Å²) in [5, 5.41) is 26.4. The van der Waals surface area contributed by atoms with Gasteiger partial charge in [0.15, 0.2) is 0 Å². The fourth-order valence-corrected chi connectivity index (χ4v) is 2.26. The number of carbonyl (C=O) groups excluding carboxylic acids is 1. The highest BCUT2D eigenvalue weighted by atomic mass is 16.5. The standard InChI is InChI=1S/C12H16O8/c13-9(14)3-4-10(15)20-6-1-2-7(11(16)17)8(5-6)12(18)19/h6-8H,1-5H2,(H,13,14)(H,16,17)(H,18,19). The van der Waals surface area contributed by atoms with E-state index in [0.717, 1.165) is 0 Å². The minimum Gasteiger partial charge on any atom is -0.481 e. The molecule has 3 unspecified atom stereocenters. The average molecular weight is 288 g/mol. The van der Waals surface area contributed by atoms with Gasteiger partial charge in [-0.05, 0) is 19.3 Å². The summed E-state index contributed by atoms with van der Waals surface area (Å²) in [7, 11) is 0. The van der Waals surface area contributed by atoms with Gasteiger partial charge in [-0.1, -0.05) is 0 Å². The van der Waals surface area contributed by atoms with Crippen molar-refractivity contribution in [3.8, 4) is 0 Å². The number of esters is 1. The van der Waals surface area contributed by atoms with Crippen LogP contribution in [-0.2, 0) is 23.9 Å².